The Labute approximate surface area is 169 Å². The molecule has 0 aromatic heterocycles. The molecular weight excluding hydrogens is 404 g/mol. The lowest BCUT2D eigenvalue weighted by Gasteiger charge is -2.34. The minimum atomic E-state index is -3.56. The molecule has 2 aromatic carbocycles. The van der Waals surface area contributed by atoms with E-state index in [4.69, 9.17) is 11.6 Å². The van der Waals surface area contributed by atoms with Crippen LogP contribution in [-0.2, 0) is 14.8 Å². The molecule has 0 bridgehead atoms. The molecule has 1 saturated heterocycles. The van der Waals surface area contributed by atoms with E-state index in [0.717, 1.165) is 4.90 Å². The highest BCUT2D eigenvalue weighted by atomic mass is 35.5. The first-order valence-electron chi connectivity index (χ1n) is 8.59. The normalized spacial score (nSPS) is 15.7. The maximum atomic E-state index is 12.7. The van der Waals surface area contributed by atoms with E-state index in [1.54, 1.807) is 17.0 Å². The van der Waals surface area contributed by atoms with Crippen molar-refractivity contribution in [1.29, 1.82) is 0 Å². The second kappa shape index (κ2) is 8.65. The van der Waals surface area contributed by atoms with Crippen LogP contribution in [0.1, 0.15) is 5.56 Å². The van der Waals surface area contributed by atoms with E-state index in [-0.39, 0.29) is 10.8 Å². The molecule has 1 aliphatic rings. The Morgan fingerprint density at radius 1 is 1.00 bits per heavy atom. The van der Waals surface area contributed by atoms with Gasteiger partial charge in [-0.2, -0.15) is 4.31 Å². The average molecular weight is 425 g/mol. The first-order valence-corrected chi connectivity index (χ1v) is 11.4. The molecule has 0 radical (unpaired) electrons. The number of thioether (sulfide) groups is 1. The summed E-state index contributed by atoms with van der Waals surface area (Å²) in [5, 5.41) is 0.496. The highest BCUT2D eigenvalue weighted by molar-refractivity contribution is 8.00. The van der Waals surface area contributed by atoms with Gasteiger partial charge in [-0.15, -0.1) is 11.8 Å². The number of hydrogen-bond acceptors (Lipinski definition) is 4. The summed E-state index contributed by atoms with van der Waals surface area (Å²) >= 11 is 7.33. The smallest absolute Gasteiger partial charge is 0.243 e. The average Bonchev–Trinajstić information content (AvgIpc) is 2.68. The van der Waals surface area contributed by atoms with E-state index < -0.39 is 10.0 Å². The number of carbonyl (C=O) groups excluding carboxylic acids is 1. The van der Waals surface area contributed by atoms with Gasteiger partial charge in [0, 0.05) is 36.1 Å². The van der Waals surface area contributed by atoms with Crippen LogP contribution in [-0.4, -0.2) is 55.5 Å². The summed E-state index contributed by atoms with van der Waals surface area (Å²) in [4.78, 5) is 15.4. The second-order valence-corrected chi connectivity index (χ2v) is 9.76. The van der Waals surface area contributed by atoms with Crippen LogP contribution in [0.15, 0.2) is 58.3 Å². The van der Waals surface area contributed by atoms with Crippen LogP contribution in [0.5, 0.6) is 0 Å². The maximum Gasteiger partial charge on any atom is 0.243 e. The number of piperazine rings is 1. The van der Waals surface area contributed by atoms with Crippen molar-refractivity contribution in [1.82, 2.24) is 9.21 Å². The monoisotopic (exact) mass is 424 g/mol. The van der Waals surface area contributed by atoms with Crippen molar-refractivity contribution in [3.63, 3.8) is 0 Å². The molecule has 27 heavy (non-hydrogen) atoms. The number of aryl methyl sites for hydroxylation is 1. The van der Waals surface area contributed by atoms with Crippen LogP contribution in [0.25, 0.3) is 0 Å². The standard InChI is InChI=1S/C19H21ClN2O3S2/c1-15-2-6-17(7-3-15)26-14-19(23)21-10-12-22(13-11-21)27(24,25)18-8-4-16(20)5-9-18/h2-9H,10-14H2,1H3. The van der Waals surface area contributed by atoms with Crippen LogP contribution in [0.2, 0.25) is 5.02 Å². The van der Waals surface area contributed by atoms with Gasteiger partial charge in [0.25, 0.3) is 0 Å². The lowest BCUT2D eigenvalue weighted by molar-refractivity contribution is -0.129. The molecule has 1 aliphatic heterocycles. The fourth-order valence-electron chi connectivity index (χ4n) is 2.80. The van der Waals surface area contributed by atoms with Crippen LogP contribution >= 0.6 is 23.4 Å². The van der Waals surface area contributed by atoms with E-state index in [1.807, 2.05) is 31.2 Å². The quantitative estimate of drug-likeness (QED) is 0.691. The molecule has 3 rings (SSSR count). The van der Waals surface area contributed by atoms with Gasteiger partial charge >= 0.3 is 0 Å². The van der Waals surface area contributed by atoms with E-state index >= 15 is 0 Å². The number of rotatable bonds is 5. The Morgan fingerprint density at radius 3 is 2.19 bits per heavy atom. The van der Waals surface area contributed by atoms with Crippen LogP contribution in [0.4, 0.5) is 0 Å². The van der Waals surface area contributed by atoms with Crippen molar-refractivity contribution in [2.75, 3.05) is 31.9 Å². The fourth-order valence-corrected chi connectivity index (χ4v) is 5.15. The summed E-state index contributed by atoms with van der Waals surface area (Å²) in [6.07, 6.45) is 0. The zero-order valence-corrected chi connectivity index (χ0v) is 17.4. The zero-order valence-electron chi connectivity index (χ0n) is 15.0. The predicted molar refractivity (Wildman–Crippen MR) is 109 cm³/mol. The summed E-state index contributed by atoms with van der Waals surface area (Å²) in [6, 6.07) is 14.2. The third kappa shape index (κ3) is 5.04. The first kappa shape index (κ1) is 20.2. The Bertz CT molecular complexity index is 892. The van der Waals surface area contributed by atoms with Crippen LogP contribution in [0.3, 0.4) is 0 Å². The molecule has 5 nitrogen and oxygen atoms in total. The number of amides is 1. The SMILES string of the molecule is Cc1ccc(SCC(=O)N2CCN(S(=O)(=O)c3ccc(Cl)cc3)CC2)cc1. The molecule has 0 unspecified atom stereocenters. The first-order chi connectivity index (χ1) is 12.9. The number of halogens is 1. The Morgan fingerprint density at radius 2 is 1.59 bits per heavy atom. The molecule has 0 spiro atoms. The highest BCUT2D eigenvalue weighted by Gasteiger charge is 2.29. The van der Waals surface area contributed by atoms with Gasteiger partial charge in [0.05, 0.1) is 10.6 Å². The zero-order chi connectivity index (χ0) is 19.4. The third-order valence-corrected chi connectivity index (χ3v) is 7.59. The van der Waals surface area contributed by atoms with Crippen molar-refractivity contribution in [2.24, 2.45) is 0 Å². The molecule has 2 aromatic rings. The van der Waals surface area contributed by atoms with Crippen LogP contribution < -0.4 is 0 Å². The van der Waals surface area contributed by atoms with Crippen molar-refractivity contribution in [3.05, 3.63) is 59.1 Å². The molecule has 0 atom stereocenters. The Hall–Kier alpha value is -1.54. The lowest BCUT2D eigenvalue weighted by Crippen LogP contribution is -2.50. The van der Waals surface area contributed by atoms with Gasteiger partial charge in [-0.05, 0) is 43.3 Å². The topological polar surface area (TPSA) is 57.7 Å². The van der Waals surface area contributed by atoms with E-state index in [2.05, 4.69) is 0 Å². The van der Waals surface area contributed by atoms with E-state index in [0.29, 0.717) is 37.0 Å². The molecule has 1 heterocycles. The predicted octanol–water partition coefficient (Wildman–Crippen LogP) is 3.27. The fraction of sp³-hybridized carbons (Fsp3) is 0.316. The second-order valence-electron chi connectivity index (χ2n) is 6.34. The maximum absolute atomic E-state index is 12.7. The summed E-state index contributed by atoms with van der Waals surface area (Å²) in [5.74, 6) is 0.386. The van der Waals surface area contributed by atoms with E-state index in [1.165, 1.54) is 33.8 Å². The van der Waals surface area contributed by atoms with Crippen molar-refractivity contribution in [3.8, 4) is 0 Å². The summed E-state index contributed by atoms with van der Waals surface area (Å²) in [5.41, 5.74) is 1.18. The molecule has 144 valence electrons. The summed E-state index contributed by atoms with van der Waals surface area (Å²) < 4.78 is 26.8. The van der Waals surface area contributed by atoms with Crippen molar-refractivity contribution in [2.45, 2.75) is 16.7 Å². The molecular formula is C19H21ClN2O3S2. The highest BCUT2D eigenvalue weighted by Crippen LogP contribution is 2.22. The van der Waals surface area contributed by atoms with E-state index in [9.17, 15) is 13.2 Å². The lowest BCUT2D eigenvalue weighted by atomic mass is 10.2. The molecule has 0 aliphatic carbocycles. The van der Waals surface area contributed by atoms with Crippen molar-refractivity contribution < 1.29 is 13.2 Å². The van der Waals surface area contributed by atoms with Gasteiger partial charge in [-0.25, -0.2) is 8.42 Å². The summed E-state index contributed by atoms with van der Waals surface area (Å²) in [6.45, 7) is 3.43. The number of carbonyl (C=O) groups is 1. The van der Waals surface area contributed by atoms with Gasteiger partial charge in [0.2, 0.25) is 15.9 Å². The molecule has 8 heteroatoms. The van der Waals surface area contributed by atoms with Gasteiger partial charge in [-0.1, -0.05) is 29.3 Å². The Balaban J connectivity index is 1.54. The van der Waals surface area contributed by atoms with Gasteiger partial charge < -0.3 is 4.90 Å². The van der Waals surface area contributed by atoms with Gasteiger partial charge in [0.1, 0.15) is 0 Å². The molecule has 1 fully saturated rings. The number of nitrogens with zero attached hydrogens (tertiary/aromatic N) is 2. The third-order valence-electron chi connectivity index (χ3n) is 4.43. The number of sulfonamides is 1. The van der Waals surface area contributed by atoms with Crippen LogP contribution in [0, 0.1) is 6.92 Å². The Kier molecular flexibility index (Phi) is 6.47. The van der Waals surface area contributed by atoms with Crippen molar-refractivity contribution >= 4 is 39.3 Å². The molecule has 0 N–H and O–H groups in total. The largest absolute Gasteiger partial charge is 0.339 e. The number of benzene rings is 2. The molecule has 0 saturated carbocycles. The van der Waals surface area contributed by atoms with Gasteiger partial charge in [-0.3, -0.25) is 4.79 Å². The van der Waals surface area contributed by atoms with Gasteiger partial charge in [0.15, 0.2) is 0 Å². The minimum absolute atomic E-state index is 0.0316. The molecule has 1 amide bonds. The number of hydrogen-bond donors (Lipinski definition) is 0. The summed E-state index contributed by atoms with van der Waals surface area (Å²) in [7, 11) is -3.56. The minimum Gasteiger partial charge on any atom is -0.339 e.